The predicted octanol–water partition coefficient (Wildman–Crippen LogP) is 3.11. The minimum atomic E-state index is -0.0530. The zero-order valence-electron chi connectivity index (χ0n) is 17.1. The van der Waals surface area contributed by atoms with Crippen LogP contribution in [0.1, 0.15) is 24.1 Å². The highest BCUT2D eigenvalue weighted by Gasteiger charge is 2.21. The van der Waals surface area contributed by atoms with Gasteiger partial charge in [-0.25, -0.2) is 4.98 Å². The van der Waals surface area contributed by atoms with E-state index in [1.807, 2.05) is 31.2 Å². The second-order valence-electron chi connectivity index (χ2n) is 7.64. The maximum Gasteiger partial charge on any atom is 0.234 e. The van der Waals surface area contributed by atoms with Gasteiger partial charge in [0.05, 0.1) is 24.2 Å². The van der Waals surface area contributed by atoms with Crippen LogP contribution in [0.4, 0.5) is 5.82 Å². The van der Waals surface area contributed by atoms with Crippen LogP contribution in [0.25, 0.3) is 10.8 Å². The lowest BCUT2D eigenvalue weighted by Crippen LogP contribution is -2.50. The molecule has 4 rings (SSSR count). The largest absolute Gasteiger partial charge is 0.354 e. The standard InChI is InChI=1S/C24H25N5O/c1-18(21-8-4-6-20-5-2-3-7-22(20)21)27-24(30)17-28-11-13-29(14-12-28)23-15-19(16-25)9-10-26-23/h2-10,15,18H,11-14,17H2,1H3,(H,27,30). The molecule has 6 nitrogen and oxygen atoms in total. The molecule has 6 heteroatoms. The third-order valence-corrected chi connectivity index (χ3v) is 5.61. The number of hydrogen-bond acceptors (Lipinski definition) is 5. The molecule has 1 atom stereocenters. The van der Waals surface area contributed by atoms with E-state index in [1.165, 1.54) is 10.8 Å². The Bertz CT molecular complexity index is 1080. The Morgan fingerprint density at radius 1 is 1.13 bits per heavy atom. The van der Waals surface area contributed by atoms with Crippen molar-refractivity contribution in [3.63, 3.8) is 0 Å². The first-order valence-corrected chi connectivity index (χ1v) is 10.2. The van der Waals surface area contributed by atoms with Crippen LogP contribution < -0.4 is 10.2 Å². The van der Waals surface area contributed by atoms with E-state index in [1.54, 1.807) is 12.3 Å². The van der Waals surface area contributed by atoms with Crippen molar-refractivity contribution in [2.75, 3.05) is 37.6 Å². The number of nitrogens with one attached hydrogen (secondary N) is 1. The number of carbonyl (C=O) groups is 1. The summed E-state index contributed by atoms with van der Waals surface area (Å²) in [6.07, 6.45) is 1.67. The van der Waals surface area contributed by atoms with E-state index in [0.717, 1.165) is 37.6 Å². The summed E-state index contributed by atoms with van der Waals surface area (Å²) in [6.45, 7) is 5.56. The molecule has 0 radical (unpaired) electrons. The van der Waals surface area contributed by atoms with E-state index in [9.17, 15) is 4.79 Å². The topological polar surface area (TPSA) is 72.3 Å². The molecule has 1 aromatic heterocycles. The van der Waals surface area contributed by atoms with Gasteiger partial charge in [-0.3, -0.25) is 9.69 Å². The average molecular weight is 399 g/mol. The molecule has 2 aromatic carbocycles. The molecule has 1 N–H and O–H groups in total. The molecule has 152 valence electrons. The van der Waals surface area contributed by atoms with E-state index >= 15 is 0 Å². The molecule has 0 spiro atoms. The Balaban J connectivity index is 1.32. The molecule has 30 heavy (non-hydrogen) atoms. The number of fused-ring (bicyclic) bond motifs is 1. The fraction of sp³-hybridized carbons (Fsp3) is 0.292. The fourth-order valence-corrected chi connectivity index (χ4v) is 3.99. The van der Waals surface area contributed by atoms with Gasteiger partial charge in [0.2, 0.25) is 5.91 Å². The van der Waals surface area contributed by atoms with Crippen molar-refractivity contribution >= 4 is 22.5 Å². The first-order chi connectivity index (χ1) is 14.6. The maximum absolute atomic E-state index is 12.7. The SMILES string of the molecule is CC(NC(=O)CN1CCN(c2cc(C#N)ccn2)CC1)c1cccc2ccccc12. The second kappa shape index (κ2) is 8.93. The lowest BCUT2D eigenvalue weighted by molar-refractivity contribution is -0.123. The molecule has 3 aromatic rings. The van der Waals surface area contributed by atoms with Gasteiger partial charge in [0.25, 0.3) is 0 Å². The van der Waals surface area contributed by atoms with Gasteiger partial charge in [0, 0.05) is 32.4 Å². The molecule has 0 aliphatic carbocycles. The van der Waals surface area contributed by atoms with Gasteiger partial charge in [-0.15, -0.1) is 0 Å². The summed E-state index contributed by atoms with van der Waals surface area (Å²) in [6, 6.07) is 20.1. The molecule has 1 saturated heterocycles. The van der Waals surface area contributed by atoms with Crippen molar-refractivity contribution in [3.05, 3.63) is 71.9 Å². The number of pyridine rings is 1. The number of benzene rings is 2. The van der Waals surface area contributed by atoms with Gasteiger partial charge < -0.3 is 10.2 Å². The molecule has 1 amide bonds. The highest BCUT2D eigenvalue weighted by Crippen LogP contribution is 2.24. The fourth-order valence-electron chi connectivity index (χ4n) is 3.99. The number of anilines is 1. The Labute approximate surface area is 176 Å². The van der Waals surface area contributed by atoms with E-state index in [2.05, 4.69) is 50.4 Å². The summed E-state index contributed by atoms with van der Waals surface area (Å²) in [7, 11) is 0. The van der Waals surface area contributed by atoms with Gasteiger partial charge in [-0.1, -0.05) is 42.5 Å². The quantitative estimate of drug-likeness (QED) is 0.714. The summed E-state index contributed by atoms with van der Waals surface area (Å²) >= 11 is 0. The molecule has 2 heterocycles. The molecular formula is C24H25N5O. The van der Waals surface area contributed by atoms with Crippen LogP contribution in [-0.4, -0.2) is 48.5 Å². The molecule has 0 saturated carbocycles. The second-order valence-corrected chi connectivity index (χ2v) is 7.64. The van der Waals surface area contributed by atoms with Gasteiger partial charge >= 0.3 is 0 Å². The van der Waals surface area contributed by atoms with Crippen molar-refractivity contribution in [1.82, 2.24) is 15.2 Å². The first-order valence-electron chi connectivity index (χ1n) is 10.2. The summed E-state index contributed by atoms with van der Waals surface area (Å²) in [5, 5.41) is 14.6. The van der Waals surface area contributed by atoms with E-state index in [4.69, 9.17) is 5.26 Å². The van der Waals surface area contributed by atoms with E-state index in [0.29, 0.717) is 12.1 Å². The third kappa shape index (κ3) is 4.42. The third-order valence-electron chi connectivity index (χ3n) is 5.61. The van der Waals surface area contributed by atoms with Gasteiger partial charge in [0.15, 0.2) is 0 Å². The molecule has 1 unspecified atom stereocenters. The van der Waals surface area contributed by atoms with Crippen molar-refractivity contribution < 1.29 is 4.79 Å². The van der Waals surface area contributed by atoms with Crippen LogP contribution >= 0.6 is 0 Å². The van der Waals surface area contributed by atoms with Gasteiger partial charge in [-0.05, 0) is 35.4 Å². The number of nitriles is 1. The summed E-state index contributed by atoms with van der Waals surface area (Å²) in [4.78, 5) is 21.3. The zero-order valence-corrected chi connectivity index (χ0v) is 17.1. The number of aromatic nitrogens is 1. The van der Waals surface area contributed by atoms with Crippen LogP contribution in [0, 0.1) is 11.3 Å². The lowest BCUT2D eigenvalue weighted by Gasteiger charge is -2.35. The van der Waals surface area contributed by atoms with Crippen molar-refractivity contribution in [2.45, 2.75) is 13.0 Å². The minimum absolute atomic E-state index is 0.0356. The molecule has 0 bridgehead atoms. The van der Waals surface area contributed by atoms with Crippen molar-refractivity contribution in [2.24, 2.45) is 0 Å². The lowest BCUT2D eigenvalue weighted by atomic mass is 10.00. The zero-order chi connectivity index (χ0) is 20.9. The minimum Gasteiger partial charge on any atom is -0.354 e. The first kappa shape index (κ1) is 19.9. The van der Waals surface area contributed by atoms with Crippen LogP contribution in [0.2, 0.25) is 0 Å². The number of amides is 1. The number of nitrogens with zero attached hydrogens (tertiary/aromatic N) is 4. The highest BCUT2D eigenvalue weighted by atomic mass is 16.2. The molecule has 1 aliphatic heterocycles. The van der Waals surface area contributed by atoms with E-state index < -0.39 is 0 Å². The summed E-state index contributed by atoms with van der Waals surface area (Å²) in [5.41, 5.74) is 1.75. The Morgan fingerprint density at radius 3 is 2.70 bits per heavy atom. The summed E-state index contributed by atoms with van der Waals surface area (Å²) in [5.74, 6) is 0.858. The van der Waals surface area contributed by atoms with Gasteiger partial charge in [0.1, 0.15) is 5.82 Å². The van der Waals surface area contributed by atoms with E-state index in [-0.39, 0.29) is 11.9 Å². The monoisotopic (exact) mass is 399 g/mol. The van der Waals surface area contributed by atoms with Crippen LogP contribution in [0.15, 0.2) is 60.8 Å². The number of piperazine rings is 1. The molecule has 1 fully saturated rings. The average Bonchev–Trinajstić information content (AvgIpc) is 2.79. The van der Waals surface area contributed by atoms with Crippen LogP contribution in [0.5, 0.6) is 0 Å². The van der Waals surface area contributed by atoms with Crippen molar-refractivity contribution in [3.8, 4) is 6.07 Å². The maximum atomic E-state index is 12.7. The van der Waals surface area contributed by atoms with Crippen LogP contribution in [0.3, 0.4) is 0 Å². The Kier molecular flexibility index (Phi) is 5.92. The van der Waals surface area contributed by atoms with Gasteiger partial charge in [-0.2, -0.15) is 5.26 Å². The Morgan fingerprint density at radius 2 is 1.90 bits per heavy atom. The smallest absolute Gasteiger partial charge is 0.234 e. The normalized spacial score (nSPS) is 15.5. The number of hydrogen-bond donors (Lipinski definition) is 1. The molecule has 1 aliphatic rings. The number of carbonyl (C=O) groups excluding carboxylic acids is 1. The predicted molar refractivity (Wildman–Crippen MR) is 118 cm³/mol. The highest BCUT2D eigenvalue weighted by molar-refractivity contribution is 5.87. The number of rotatable bonds is 5. The molecular weight excluding hydrogens is 374 g/mol. The van der Waals surface area contributed by atoms with Crippen LogP contribution in [-0.2, 0) is 4.79 Å². The summed E-state index contributed by atoms with van der Waals surface area (Å²) < 4.78 is 0. The Hall–Kier alpha value is -3.43. The van der Waals surface area contributed by atoms with Crippen molar-refractivity contribution in [1.29, 1.82) is 5.26 Å².